The Kier molecular flexibility index (Phi) is 5.57. The highest BCUT2D eigenvalue weighted by atomic mass is 32.1. The Morgan fingerprint density at radius 2 is 2.18 bits per heavy atom. The summed E-state index contributed by atoms with van der Waals surface area (Å²) in [6, 6.07) is 11.5. The number of methoxy groups -OCH3 is 1. The van der Waals surface area contributed by atoms with Crippen LogP contribution >= 0.6 is 11.3 Å². The number of carbonyl (C=O) groups is 1. The van der Waals surface area contributed by atoms with Crippen LogP contribution in [0.25, 0.3) is 10.8 Å². The van der Waals surface area contributed by atoms with Crippen LogP contribution in [0.4, 0.5) is 4.79 Å². The van der Waals surface area contributed by atoms with Crippen LogP contribution in [-0.2, 0) is 6.54 Å². The number of piperidine rings is 1. The fourth-order valence-electron chi connectivity index (χ4n) is 3.30. The molecule has 2 aromatic heterocycles. The largest absolute Gasteiger partial charge is 0.497 e. The van der Waals surface area contributed by atoms with Crippen molar-refractivity contribution < 1.29 is 13.9 Å². The Hall–Kier alpha value is -2.87. The number of carbonyl (C=O) groups excluding carboxylic acids is 1. The second-order valence-corrected chi connectivity index (χ2v) is 7.66. The van der Waals surface area contributed by atoms with Crippen LogP contribution in [0, 0.1) is 0 Å². The zero-order valence-electron chi connectivity index (χ0n) is 15.6. The SMILES string of the molecule is COc1ccc(CNC(=O)N2CCC[C@H](c3nnc(-c4cccs4)o3)C2)cc1. The van der Waals surface area contributed by atoms with E-state index in [1.54, 1.807) is 18.4 Å². The molecule has 1 N–H and O–H groups in total. The number of aromatic nitrogens is 2. The number of urea groups is 1. The number of benzene rings is 1. The first-order valence-electron chi connectivity index (χ1n) is 9.26. The molecule has 0 aliphatic carbocycles. The van der Waals surface area contributed by atoms with Gasteiger partial charge in [0.05, 0.1) is 17.9 Å². The molecule has 2 amide bonds. The number of hydrogen-bond acceptors (Lipinski definition) is 6. The van der Waals surface area contributed by atoms with E-state index >= 15 is 0 Å². The quantitative estimate of drug-likeness (QED) is 0.705. The minimum absolute atomic E-state index is 0.0708. The van der Waals surface area contributed by atoms with Crippen LogP contribution in [0.3, 0.4) is 0 Å². The molecule has 3 heterocycles. The summed E-state index contributed by atoms with van der Waals surface area (Å²) in [4.78, 5) is 15.4. The molecule has 0 radical (unpaired) electrons. The van der Waals surface area contributed by atoms with Crippen molar-refractivity contribution >= 4 is 17.4 Å². The Bertz CT molecular complexity index is 908. The van der Waals surface area contributed by atoms with E-state index < -0.39 is 0 Å². The van der Waals surface area contributed by atoms with Crippen LogP contribution < -0.4 is 10.1 Å². The molecule has 8 heteroatoms. The lowest BCUT2D eigenvalue weighted by molar-refractivity contribution is 0.174. The van der Waals surface area contributed by atoms with Gasteiger partial charge in [0.1, 0.15) is 5.75 Å². The van der Waals surface area contributed by atoms with E-state index in [1.165, 1.54) is 0 Å². The van der Waals surface area contributed by atoms with Crippen LogP contribution in [0.1, 0.15) is 30.2 Å². The number of nitrogens with zero attached hydrogens (tertiary/aromatic N) is 3. The van der Waals surface area contributed by atoms with Gasteiger partial charge in [0.15, 0.2) is 0 Å². The highest BCUT2D eigenvalue weighted by molar-refractivity contribution is 7.13. The normalized spacial score (nSPS) is 16.8. The third-order valence-corrected chi connectivity index (χ3v) is 5.69. The number of likely N-dealkylation sites (tertiary alicyclic amines) is 1. The van der Waals surface area contributed by atoms with Crippen LogP contribution in [-0.4, -0.2) is 41.3 Å². The molecule has 1 atom stereocenters. The average Bonchev–Trinajstić information content (AvgIpc) is 3.44. The summed E-state index contributed by atoms with van der Waals surface area (Å²) in [6.45, 7) is 1.80. The summed E-state index contributed by atoms with van der Waals surface area (Å²) in [6.07, 6.45) is 1.85. The Morgan fingerprint density at radius 3 is 2.93 bits per heavy atom. The lowest BCUT2D eigenvalue weighted by atomic mass is 9.98. The van der Waals surface area contributed by atoms with Crippen LogP contribution in [0.2, 0.25) is 0 Å². The lowest BCUT2D eigenvalue weighted by Crippen LogP contribution is -2.44. The second kappa shape index (κ2) is 8.43. The summed E-state index contributed by atoms with van der Waals surface area (Å²) < 4.78 is 11.0. The number of nitrogens with one attached hydrogen (secondary N) is 1. The molecule has 28 heavy (non-hydrogen) atoms. The summed E-state index contributed by atoms with van der Waals surface area (Å²) >= 11 is 1.57. The highest BCUT2D eigenvalue weighted by Gasteiger charge is 2.28. The van der Waals surface area contributed by atoms with Gasteiger partial charge in [-0.25, -0.2) is 4.79 Å². The molecule has 3 aromatic rings. The summed E-state index contributed by atoms with van der Waals surface area (Å²) in [5.74, 6) is 2.03. The van der Waals surface area contributed by atoms with Crippen molar-refractivity contribution in [1.82, 2.24) is 20.4 Å². The van der Waals surface area contributed by atoms with Crippen molar-refractivity contribution in [2.24, 2.45) is 0 Å². The number of rotatable bonds is 5. The molecule has 1 aliphatic heterocycles. The second-order valence-electron chi connectivity index (χ2n) is 6.71. The molecule has 146 valence electrons. The molecule has 0 spiro atoms. The van der Waals surface area contributed by atoms with Crippen molar-refractivity contribution in [3.63, 3.8) is 0 Å². The molecule has 1 aromatic carbocycles. The van der Waals surface area contributed by atoms with E-state index in [-0.39, 0.29) is 11.9 Å². The van der Waals surface area contributed by atoms with E-state index in [0.29, 0.717) is 24.9 Å². The monoisotopic (exact) mass is 398 g/mol. The van der Waals surface area contributed by atoms with Gasteiger partial charge in [0.2, 0.25) is 5.89 Å². The predicted molar refractivity (Wildman–Crippen MR) is 106 cm³/mol. The lowest BCUT2D eigenvalue weighted by Gasteiger charge is -2.31. The number of ether oxygens (including phenoxy) is 1. The number of thiophene rings is 1. The van der Waals surface area contributed by atoms with Gasteiger partial charge in [0.25, 0.3) is 5.89 Å². The van der Waals surface area contributed by atoms with E-state index in [0.717, 1.165) is 35.6 Å². The van der Waals surface area contributed by atoms with Gasteiger partial charge in [-0.1, -0.05) is 18.2 Å². The first-order valence-corrected chi connectivity index (χ1v) is 10.1. The van der Waals surface area contributed by atoms with Gasteiger partial charge < -0.3 is 19.4 Å². The van der Waals surface area contributed by atoms with E-state index in [2.05, 4.69) is 15.5 Å². The molecule has 1 fully saturated rings. The Morgan fingerprint density at radius 1 is 1.32 bits per heavy atom. The molecule has 4 rings (SSSR count). The van der Waals surface area contributed by atoms with Gasteiger partial charge in [-0.3, -0.25) is 0 Å². The van der Waals surface area contributed by atoms with Gasteiger partial charge in [-0.2, -0.15) is 0 Å². The average molecular weight is 398 g/mol. The van der Waals surface area contributed by atoms with Gasteiger partial charge >= 0.3 is 6.03 Å². The molecular formula is C20H22N4O3S. The molecule has 0 bridgehead atoms. The standard InChI is InChI=1S/C20H22N4O3S/c1-26-16-8-6-14(7-9-16)12-21-20(25)24-10-2-4-15(13-24)18-22-23-19(27-18)17-5-3-11-28-17/h3,5-9,11,15H,2,4,10,12-13H2,1H3,(H,21,25)/t15-/m0/s1. The number of amides is 2. The van der Waals surface area contributed by atoms with E-state index in [4.69, 9.17) is 9.15 Å². The first-order chi connectivity index (χ1) is 13.7. The zero-order valence-corrected chi connectivity index (χ0v) is 16.4. The maximum Gasteiger partial charge on any atom is 0.317 e. The molecule has 1 aliphatic rings. The first kappa shape index (κ1) is 18.5. The molecule has 7 nitrogen and oxygen atoms in total. The molecule has 0 unspecified atom stereocenters. The summed E-state index contributed by atoms with van der Waals surface area (Å²) in [7, 11) is 1.64. The zero-order chi connectivity index (χ0) is 19.3. The van der Waals surface area contributed by atoms with Gasteiger partial charge in [-0.05, 0) is 42.0 Å². The van der Waals surface area contributed by atoms with Crippen molar-refractivity contribution in [2.45, 2.75) is 25.3 Å². The Labute approximate surface area is 167 Å². The fourth-order valence-corrected chi connectivity index (χ4v) is 3.94. The topological polar surface area (TPSA) is 80.5 Å². The smallest absolute Gasteiger partial charge is 0.317 e. The fraction of sp³-hybridized carbons (Fsp3) is 0.350. The minimum Gasteiger partial charge on any atom is -0.497 e. The van der Waals surface area contributed by atoms with Gasteiger partial charge in [0, 0.05) is 19.6 Å². The van der Waals surface area contributed by atoms with Crippen molar-refractivity contribution in [1.29, 1.82) is 0 Å². The van der Waals surface area contributed by atoms with Gasteiger partial charge in [-0.15, -0.1) is 21.5 Å². The van der Waals surface area contributed by atoms with E-state index in [9.17, 15) is 4.79 Å². The Balaban J connectivity index is 1.34. The predicted octanol–water partition coefficient (Wildman–Crippen LogP) is 3.90. The van der Waals surface area contributed by atoms with Crippen LogP contribution in [0.15, 0.2) is 46.2 Å². The molecule has 1 saturated heterocycles. The third-order valence-electron chi connectivity index (χ3n) is 4.83. The van der Waals surface area contributed by atoms with Crippen molar-refractivity contribution in [2.75, 3.05) is 20.2 Å². The van der Waals surface area contributed by atoms with Crippen molar-refractivity contribution in [3.05, 3.63) is 53.2 Å². The summed E-state index contributed by atoms with van der Waals surface area (Å²) in [5.41, 5.74) is 1.03. The summed E-state index contributed by atoms with van der Waals surface area (Å²) in [5, 5.41) is 13.3. The maximum atomic E-state index is 12.6. The highest BCUT2D eigenvalue weighted by Crippen LogP contribution is 2.30. The number of hydrogen-bond donors (Lipinski definition) is 1. The third kappa shape index (κ3) is 4.17. The van der Waals surface area contributed by atoms with Crippen molar-refractivity contribution in [3.8, 4) is 16.5 Å². The van der Waals surface area contributed by atoms with Crippen LogP contribution in [0.5, 0.6) is 5.75 Å². The molecule has 0 saturated carbocycles. The maximum absolute atomic E-state index is 12.6. The molecular weight excluding hydrogens is 376 g/mol. The van der Waals surface area contributed by atoms with E-state index in [1.807, 2.05) is 46.7 Å². The minimum atomic E-state index is -0.0708.